The number of hydrogen-bond donors (Lipinski definition) is 3. The first-order valence-electron chi connectivity index (χ1n) is 7.63. The summed E-state index contributed by atoms with van der Waals surface area (Å²) >= 11 is 0. The average Bonchev–Trinajstić information content (AvgIpc) is 2.65. The minimum absolute atomic E-state index is 0.0342. The first-order valence-corrected chi connectivity index (χ1v) is 7.63. The summed E-state index contributed by atoms with van der Waals surface area (Å²) < 4.78 is 5.13. The average molecular weight is 340 g/mol. The zero-order valence-electron chi connectivity index (χ0n) is 13.9. The van der Waals surface area contributed by atoms with Crippen LogP contribution < -0.4 is 20.9 Å². The van der Waals surface area contributed by atoms with Gasteiger partial charge in [-0.25, -0.2) is 0 Å². The molecule has 0 fully saturated rings. The van der Waals surface area contributed by atoms with Crippen molar-refractivity contribution >= 4 is 11.8 Å². The molecule has 2 rings (SSSR count). The van der Waals surface area contributed by atoms with Gasteiger partial charge in [0.1, 0.15) is 5.75 Å². The number of nitrogens with one attached hydrogen (secondary N) is 3. The van der Waals surface area contributed by atoms with Crippen molar-refractivity contribution in [3.63, 3.8) is 0 Å². The summed E-state index contributed by atoms with van der Waals surface area (Å²) in [7, 11) is 1.49. The van der Waals surface area contributed by atoms with E-state index in [2.05, 4.69) is 27.7 Å². The number of nitrogens with zero attached hydrogens (tertiary/aromatic N) is 1. The van der Waals surface area contributed by atoms with E-state index >= 15 is 0 Å². The van der Waals surface area contributed by atoms with Gasteiger partial charge >= 0.3 is 0 Å². The topological polar surface area (TPSA) is 92.4 Å². The Bertz CT molecular complexity index is 747. The van der Waals surface area contributed by atoms with Crippen LogP contribution in [-0.4, -0.2) is 23.9 Å². The molecule has 7 heteroatoms. The van der Waals surface area contributed by atoms with E-state index < -0.39 is 0 Å². The Morgan fingerprint density at radius 3 is 2.68 bits per heavy atom. The Morgan fingerprint density at radius 2 is 1.96 bits per heavy atom. The third-order valence-corrected chi connectivity index (χ3v) is 3.29. The van der Waals surface area contributed by atoms with Gasteiger partial charge in [0.2, 0.25) is 5.91 Å². The quantitative estimate of drug-likeness (QED) is 0.634. The molecule has 130 valence electrons. The van der Waals surface area contributed by atoms with Gasteiger partial charge in [0.25, 0.3) is 5.91 Å². The first kappa shape index (κ1) is 18.0. The molecule has 2 aromatic rings. The monoisotopic (exact) mass is 340 g/mol. The second-order valence-corrected chi connectivity index (χ2v) is 5.20. The van der Waals surface area contributed by atoms with Crippen LogP contribution in [0.25, 0.3) is 0 Å². The van der Waals surface area contributed by atoms with Crippen LogP contribution in [-0.2, 0) is 11.3 Å². The van der Waals surface area contributed by atoms with Crippen molar-refractivity contribution in [2.75, 3.05) is 7.11 Å². The van der Waals surface area contributed by atoms with Gasteiger partial charge in [-0.3, -0.25) is 20.0 Å². The molecule has 0 atom stereocenters. The van der Waals surface area contributed by atoms with Crippen molar-refractivity contribution in [2.45, 2.75) is 13.0 Å². The Balaban J connectivity index is 1.76. The van der Waals surface area contributed by atoms with Gasteiger partial charge in [-0.15, -0.1) is 0 Å². The predicted molar refractivity (Wildman–Crippen MR) is 93.4 cm³/mol. The molecule has 1 aromatic heterocycles. The molecule has 25 heavy (non-hydrogen) atoms. The zero-order valence-corrected chi connectivity index (χ0v) is 13.9. The van der Waals surface area contributed by atoms with Crippen molar-refractivity contribution in [3.8, 4) is 5.75 Å². The Morgan fingerprint density at radius 1 is 1.16 bits per heavy atom. The number of hydrazine groups is 1. The Hall–Kier alpha value is -3.35. The van der Waals surface area contributed by atoms with Gasteiger partial charge in [-0.2, -0.15) is 0 Å². The van der Waals surface area contributed by atoms with E-state index in [1.807, 2.05) is 6.07 Å². The molecule has 0 aliphatic carbocycles. The minimum atomic E-state index is -0.380. The predicted octanol–water partition coefficient (Wildman–Crippen LogP) is 1.54. The number of hydrogen-bond acceptors (Lipinski definition) is 5. The fraction of sp³-hybridized carbons (Fsp3) is 0.167. The number of pyridine rings is 1. The van der Waals surface area contributed by atoms with E-state index in [1.54, 1.807) is 42.7 Å². The molecule has 0 aliphatic rings. The summed E-state index contributed by atoms with van der Waals surface area (Å²) in [6.07, 6.45) is 3.38. The smallest absolute Gasteiger partial charge is 0.273 e. The zero-order chi connectivity index (χ0) is 18.1. The van der Waals surface area contributed by atoms with E-state index in [4.69, 9.17) is 4.74 Å². The lowest BCUT2D eigenvalue weighted by molar-refractivity contribution is -0.120. The minimum Gasteiger partial charge on any atom is -0.496 e. The lowest BCUT2D eigenvalue weighted by Crippen LogP contribution is -2.38. The molecule has 0 spiro atoms. The van der Waals surface area contributed by atoms with Crippen molar-refractivity contribution in [1.82, 2.24) is 21.2 Å². The van der Waals surface area contributed by atoms with Crippen LogP contribution in [0.3, 0.4) is 0 Å². The normalized spacial score (nSPS) is 9.80. The van der Waals surface area contributed by atoms with Crippen LogP contribution in [0.2, 0.25) is 0 Å². The van der Waals surface area contributed by atoms with Gasteiger partial charge in [0.15, 0.2) is 0 Å². The van der Waals surface area contributed by atoms with Crippen molar-refractivity contribution in [1.29, 1.82) is 0 Å². The standard InChI is InChI=1S/C18H20N4O3/c1-13(10-17(23)20-12-14-6-5-9-19-11-14)21-22-18(24)15-7-3-4-8-16(15)25-2/h3-9,11,21H,1,10,12H2,2H3,(H,20,23)(H,22,24). The van der Waals surface area contributed by atoms with Gasteiger partial charge in [0, 0.05) is 24.6 Å². The summed E-state index contributed by atoms with van der Waals surface area (Å²) in [5.41, 5.74) is 6.78. The van der Waals surface area contributed by atoms with Crippen LogP contribution in [0.4, 0.5) is 0 Å². The third kappa shape index (κ3) is 5.65. The molecule has 0 bridgehead atoms. The van der Waals surface area contributed by atoms with Gasteiger partial charge in [-0.05, 0) is 23.8 Å². The molecule has 0 aliphatic heterocycles. The van der Waals surface area contributed by atoms with E-state index in [0.717, 1.165) is 5.56 Å². The molecule has 2 amide bonds. The molecule has 1 aromatic carbocycles. The van der Waals surface area contributed by atoms with Crippen LogP contribution >= 0.6 is 0 Å². The van der Waals surface area contributed by atoms with Gasteiger partial charge < -0.3 is 15.5 Å². The number of para-hydroxylation sites is 1. The van der Waals surface area contributed by atoms with E-state index in [9.17, 15) is 9.59 Å². The van der Waals surface area contributed by atoms with Crippen molar-refractivity contribution < 1.29 is 14.3 Å². The summed E-state index contributed by atoms with van der Waals surface area (Å²) in [4.78, 5) is 28.0. The molecule has 0 saturated carbocycles. The maximum absolute atomic E-state index is 12.1. The molecule has 3 N–H and O–H groups in total. The lowest BCUT2D eigenvalue weighted by Gasteiger charge is -2.13. The van der Waals surface area contributed by atoms with Crippen LogP contribution in [0, 0.1) is 0 Å². The number of methoxy groups -OCH3 is 1. The van der Waals surface area contributed by atoms with Crippen LogP contribution in [0.5, 0.6) is 5.75 Å². The number of amides is 2. The molecule has 1 heterocycles. The highest BCUT2D eigenvalue weighted by atomic mass is 16.5. The van der Waals surface area contributed by atoms with E-state index in [-0.39, 0.29) is 18.2 Å². The molecule has 0 radical (unpaired) electrons. The highest BCUT2D eigenvalue weighted by molar-refractivity contribution is 5.96. The second kappa shape index (κ2) is 9.07. The molecular formula is C18H20N4O3. The maximum atomic E-state index is 12.1. The summed E-state index contributed by atoms with van der Waals surface area (Å²) in [6, 6.07) is 10.5. The fourth-order valence-electron chi connectivity index (χ4n) is 2.05. The Labute approximate surface area is 146 Å². The number of aromatic nitrogens is 1. The Kier molecular flexibility index (Phi) is 6.53. The summed E-state index contributed by atoms with van der Waals surface area (Å²) in [5, 5.41) is 2.75. The SMILES string of the molecule is C=C(CC(=O)NCc1cccnc1)NNC(=O)c1ccccc1OC. The van der Waals surface area contributed by atoms with E-state index in [0.29, 0.717) is 23.6 Å². The van der Waals surface area contributed by atoms with Gasteiger partial charge in [-0.1, -0.05) is 24.8 Å². The number of rotatable bonds is 8. The molecule has 0 unspecified atom stereocenters. The van der Waals surface area contributed by atoms with Crippen molar-refractivity contribution in [2.24, 2.45) is 0 Å². The highest BCUT2D eigenvalue weighted by Crippen LogP contribution is 2.16. The largest absolute Gasteiger partial charge is 0.496 e. The number of carbonyl (C=O) groups excluding carboxylic acids is 2. The molecule has 7 nitrogen and oxygen atoms in total. The van der Waals surface area contributed by atoms with Crippen LogP contribution in [0.1, 0.15) is 22.3 Å². The molecule has 0 saturated heterocycles. The van der Waals surface area contributed by atoms with Crippen LogP contribution in [0.15, 0.2) is 61.1 Å². The van der Waals surface area contributed by atoms with Gasteiger partial charge in [0.05, 0.1) is 19.1 Å². The highest BCUT2D eigenvalue weighted by Gasteiger charge is 2.11. The number of benzene rings is 1. The number of ether oxygens (including phenoxy) is 1. The summed E-state index contributed by atoms with van der Waals surface area (Å²) in [6.45, 7) is 4.11. The number of carbonyl (C=O) groups is 2. The second-order valence-electron chi connectivity index (χ2n) is 5.20. The third-order valence-electron chi connectivity index (χ3n) is 3.29. The summed E-state index contributed by atoms with van der Waals surface area (Å²) in [5.74, 6) is -0.135. The molecular weight excluding hydrogens is 320 g/mol. The fourth-order valence-corrected chi connectivity index (χ4v) is 2.05. The maximum Gasteiger partial charge on any atom is 0.273 e. The van der Waals surface area contributed by atoms with Crippen molar-refractivity contribution in [3.05, 3.63) is 72.2 Å². The lowest BCUT2D eigenvalue weighted by atomic mass is 10.2. The first-order chi connectivity index (χ1) is 12.1. The van der Waals surface area contributed by atoms with E-state index in [1.165, 1.54) is 7.11 Å².